The van der Waals surface area contributed by atoms with Gasteiger partial charge < -0.3 is 16.4 Å². The number of unbranched alkanes of at least 4 members (excludes halogenated alkanes) is 3. The van der Waals surface area contributed by atoms with Crippen molar-refractivity contribution in [3.05, 3.63) is 35.4 Å². The highest BCUT2D eigenvalue weighted by atomic mass is 15.4. The molecular weight excluding hydrogens is 262 g/mol. The maximum absolute atomic E-state index is 6.06. The van der Waals surface area contributed by atoms with E-state index >= 15 is 0 Å². The highest BCUT2D eigenvalue weighted by Gasteiger charge is 2.25. The van der Waals surface area contributed by atoms with Gasteiger partial charge in [0.25, 0.3) is 0 Å². The van der Waals surface area contributed by atoms with E-state index in [1.165, 1.54) is 24.8 Å². The molecule has 114 valence electrons. The molecule has 4 N–H and O–H groups in total. The maximum atomic E-state index is 6.06. The molecule has 1 aliphatic rings. The number of nitrogens with zero attached hydrogens (tertiary/aromatic N) is 3. The molecule has 1 heterocycles. The maximum Gasteiger partial charge on any atom is 0.220 e. The number of aliphatic imine (C=N–C) groups is 2. The fraction of sp³-hybridized carbons (Fsp3) is 0.500. The van der Waals surface area contributed by atoms with Crippen LogP contribution in [-0.2, 0) is 0 Å². The molecule has 1 aromatic rings. The van der Waals surface area contributed by atoms with Gasteiger partial charge in [-0.15, -0.1) is 0 Å². The Kier molecular flexibility index (Phi) is 5.20. The van der Waals surface area contributed by atoms with Gasteiger partial charge in [0.1, 0.15) is 0 Å². The van der Waals surface area contributed by atoms with Crippen LogP contribution in [0.2, 0.25) is 0 Å². The highest BCUT2D eigenvalue weighted by molar-refractivity contribution is 5.95. The second kappa shape index (κ2) is 7.11. The molecule has 1 aliphatic heterocycles. The van der Waals surface area contributed by atoms with E-state index in [9.17, 15) is 0 Å². The third-order valence-corrected chi connectivity index (χ3v) is 3.70. The first kappa shape index (κ1) is 15.4. The molecule has 1 aromatic carbocycles. The lowest BCUT2D eigenvalue weighted by atomic mass is 10.1. The summed E-state index contributed by atoms with van der Waals surface area (Å²) >= 11 is 0. The number of aryl methyl sites for hydroxylation is 1. The second-order valence-electron chi connectivity index (χ2n) is 5.50. The van der Waals surface area contributed by atoms with E-state index in [2.05, 4.69) is 48.1 Å². The summed E-state index contributed by atoms with van der Waals surface area (Å²) in [6.45, 7) is 5.13. The minimum atomic E-state index is -0.162. The van der Waals surface area contributed by atoms with E-state index in [4.69, 9.17) is 11.5 Å². The normalized spacial score (nSPS) is 18.4. The number of benzene rings is 1. The van der Waals surface area contributed by atoms with Crippen LogP contribution in [0.15, 0.2) is 34.3 Å². The first-order chi connectivity index (χ1) is 10.1. The lowest BCUT2D eigenvalue weighted by Gasteiger charge is -2.32. The van der Waals surface area contributed by atoms with Crippen molar-refractivity contribution in [1.29, 1.82) is 0 Å². The molecule has 1 unspecified atom stereocenters. The zero-order chi connectivity index (χ0) is 15.2. The predicted octanol–water partition coefficient (Wildman–Crippen LogP) is 2.52. The lowest BCUT2D eigenvalue weighted by Crippen LogP contribution is -2.44. The van der Waals surface area contributed by atoms with E-state index in [1.54, 1.807) is 0 Å². The van der Waals surface area contributed by atoms with Gasteiger partial charge in [0.15, 0.2) is 6.17 Å². The lowest BCUT2D eigenvalue weighted by molar-refractivity contribution is 0.308. The molecule has 21 heavy (non-hydrogen) atoms. The summed E-state index contributed by atoms with van der Waals surface area (Å²) in [5, 5.41) is 0. The summed E-state index contributed by atoms with van der Waals surface area (Å²) in [4.78, 5) is 10.6. The number of rotatable bonds is 6. The Bertz CT molecular complexity index is 518. The molecule has 0 saturated carbocycles. The van der Waals surface area contributed by atoms with E-state index in [0.717, 1.165) is 18.5 Å². The molecule has 0 fully saturated rings. The van der Waals surface area contributed by atoms with Crippen LogP contribution in [0.3, 0.4) is 0 Å². The molecule has 0 aliphatic carbocycles. The Balaban J connectivity index is 2.14. The minimum absolute atomic E-state index is 0.162. The molecule has 5 nitrogen and oxygen atoms in total. The van der Waals surface area contributed by atoms with Gasteiger partial charge in [-0.3, -0.25) is 0 Å². The second-order valence-corrected chi connectivity index (χ2v) is 5.50. The topological polar surface area (TPSA) is 80.0 Å². The van der Waals surface area contributed by atoms with Crippen LogP contribution in [-0.4, -0.2) is 23.4 Å². The summed E-state index contributed by atoms with van der Waals surface area (Å²) in [7, 11) is 0. The van der Waals surface area contributed by atoms with Crippen LogP contribution in [0.4, 0.5) is 0 Å². The SMILES string of the molecule is CCCCCCN1C(N)=NC(N)=NC1c1ccc(C)cc1. The molecule has 0 radical (unpaired) electrons. The molecule has 0 bridgehead atoms. The van der Waals surface area contributed by atoms with Gasteiger partial charge in [0.05, 0.1) is 0 Å². The average molecular weight is 287 g/mol. The van der Waals surface area contributed by atoms with Gasteiger partial charge >= 0.3 is 0 Å². The van der Waals surface area contributed by atoms with Gasteiger partial charge in [-0.25, -0.2) is 4.99 Å². The van der Waals surface area contributed by atoms with Crippen LogP contribution >= 0.6 is 0 Å². The van der Waals surface area contributed by atoms with Crippen LogP contribution in [0, 0.1) is 6.92 Å². The molecule has 0 amide bonds. The molecule has 0 spiro atoms. The highest BCUT2D eigenvalue weighted by Crippen LogP contribution is 2.25. The number of hydrogen-bond acceptors (Lipinski definition) is 5. The Labute approximate surface area is 126 Å². The molecular formula is C16H25N5. The summed E-state index contributed by atoms with van der Waals surface area (Å²) in [5.74, 6) is 0.715. The fourth-order valence-corrected chi connectivity index (χ4v) is 2.47. The molecule has 2 rings (SSSR count). The van der Waals surface area contributed by atoms with E-state index in [-0.39, 0.29) is 12.1 Å². The van der Waals surface area contributed by atoms with E-state index < -0.39 is 0 Å². The zero-order valence-corrected chi connectivity index (χ0v) is 12.9. The average Bonchev–Trinajstić information content (AvgIpc) is 2.45. The van der Waals surface area contributed by atoms with Crippen molar-refractivity contribution in [2.24, 2.45) is 21.5 Å². The van der Waals surface area contributed by atoms with Crippen molar-refractivity contribution in [2.45, 2.75) is 45.7 Å². The Morgan fingerprint density at radius 1 is 1.10 bits per heavy atom. The summed E-state index contributed by atoms with van der Waals surface area (Å²) in [5.41, 5.74) is 14.2. The van der Waals surface area contributed by atoms with Gasteiger partial charge in [-0.2, -0.15) is 4.99 Å². The quantitative estimate of drug-likeness (QED) is 0.789. The molecule has 5 heteroatoms. The smallest absolute Gasteiger partial charge is 0.220 e. The predicted molar refractivity (Wildman–Crippen MR) is 88.0 cm³/mol. The molecule has 1 atom stereocenters. The van der Waals surface area contributed by atoms with Crippen molar-refractivity contribution < 1.29 is 0 Å². The zero-order valence-electron chi connectivity index (χ0n) is 12.9. The van der Waals surface area contributed by atoms with Crippen LogP contribution in [0.25, 0.3) is 0 Å². The standard InChI is InChI=1S/C16H25N5/c1-3-4-5-6-11-21-14(19-15(17)20-16(21)18)13-9-7-12(2)8-10-13/h7-10,14H,3-6,11H2,1-2H3,(H4,17,18,19,20). The summed E-state index contributed by atoms with van der Waals surface area (Å²) in [6.07, 6.45) is 4.58. The van der Waals surface area contributed by atoms with Gasteiger partial charge in [-0.1, -0.05) is 56.0 Å². The Hall–Kier alpha value is -2.04. The number of hydrogen-bond donors (Lipinski definition) is 2. The Morgan fingerprint density at radius 2 is 1.81 bits per heavy atom. The van der Waals surface area contributed by atoms with Crippen molar-refractivity contribution >= 4 is 11.9 Å². The number of guanidine groups is 2. The first-order valence-electron chi connectivity index (χ1n) is 7.62. The molecule has 0 aromatic heterocycles. The largest absolute Gasteiger partial charge is 0.369 e. The fourth-order valence-electron chi connectivity index (χ4n) is 2.47. The third kappa shape index (κ3) is 3.97. The minimum Gasteiger partial charge on any atom is -0.369 e. The number of nitrogens with two attached hydrogens (primary N) is 2. The molecule has 0 saturated heterocycles. The van der Waals surface area contributed by atoms with Crippen molar-refractivity contribution in [2.75, 3.05) is 6.54 Å². The van der Waals surface area contributed by atoms with Gasteiger partial charge in [-0.05, 0) is 18.9 Å². The van der Waals surface area contributed by atoms with Gasteiger partial charge in [0, 0.05) is 6.54 Å². The van der Waals surface area contributed by atoms with Crippen molar-refractivity contribution in [3.63, 3.8) is 0 Å². The monoisotopic (exact) mass is 287 g/mol. The van der Waals surface area contributed by atoms with Crippen molar-refractivity contribution in [3.8, 4) is 0 Å². The van der Waals surface area contributed by atoms with Crippen LogP contribution < -0.4 is 11.5 Å². The van der Waals surface area contributed by atoms with Crippen molar-refractivity contribution in [1.82, 2.24) is 4.90 Å². The third-order valence-electron chi connectivity index (χ3n) is 3.70. The summed E-state index contributed by atoms with van der Waals surface area (Å²) < 4.78 is 0. The summed E-state index contributed by atoms with van der Waals surface area (Å²) in [6, 6.07) is 8.32. The van der Waals surface area contributed by atoms with E-state index in [0.29, 0.717) is 5.96 Å². The van der Waals surface area contributed by atoms with Gasteiger partial charge in [0.2, 0.25) is 11.9 Å². The van der Waals surface area contributed by atoms with Crippen LogP contribution in [0.1, 0.15) is 49.9 Å². The Morgan fingerprint density at radius 3 is 2.48 bits per heavy atom. The van der Waals surface area contributed by atoms with E-state index in [1.807, 2.05) is 4.90 Å². The first-order valence-corrected chi connectivity index (χ1v) is 7.62. The van der Waals surface area contributed by atoms with Crippen LogP contribution in [0.5, 0.6) is 0 Å².